The van der Waals surface area contributed by atoms with Crippen LogP contribution in [-0.4, -0.2) is 28.8 Å². The van der Waals surface area contributed by atoms with Crippen LogP contribution in [0, 0.1) is 11.3 Å². The molecule has 1 aliphatic rings. The molecule has 1 N–H and O–H groups in total. The molecule has 90 valence electrons. The van der Waals surface area contributed by atoms with Crippen LogP contribution in [0.25, 0.3) is 0 Å². The Bertz CT molecular complexity index is 228. The van der Waals surface area contributed by atoms with Gasteiger partial charge in [-0.1, -0.05) is 20.8 Å². The first-order valence-electron chi connectivity index (χ1n) is 5.92. The molecule has 0 heterocycles. The van der Waals surface area contributed by atoms with Crippen molar-refractivity contribution in [2.75, 3.05) is 18.6 Å². The third-order valence-electron chi connectivity index (χ3n) is 3.21. The van der Waals surface area contributed by atoms with E-state index in [9.17, 15) is 4.21 Å². The summed E-state index contributed by atoms with van der Waals surface area (Å²) in [6.07, 6.45) is 5.65. The number of rotatable bonds is 4. The Kier molecular flexibility index (Phi) is 4.78. The molecule has 3 heteroatoms. The second kappa shape index (κ2) is 5.44. The quantitative estimate of drug-likeness (QED) is 0.803. The zero-order valence-corrected chi connectivity index (χ0v) is 11.3. The largest absolute Gasteiger partial charge is 0.313 e. The van der Waals surface area contributed by atoms with E-state index in [1.807, 2.05) is 0 Å². The molecule has 1 fully saturated rings. The molecule has 0 spiro atoms. The van der Waals surface area contributed by atoms with E-state index in [1.54, 1.807) is 6.26 Å². The smallest absolute Gasteiger partial charge is 0.0357 e. The van der Waals surface area contributed by atoms with Crippen LogP contribution in [0.2, 0.25) is 0 Å². The van der Waals surface area contributed by atoms with Gasteiger partial charge in [0.2, 0.25) is 0 Å². The van der Waals surface area contributed by atoms with Gasteiger partial charge in [0.25, 0.3) is 0 Å². The van der Waals surface area contributed by atoms with Gasteiger partial charge < -0.3 is 5.32 Å². The highest BCUT2D eigenvalue weighted by atomic mass is 32.2. The van der Waals surface area contributed by atoms with E-state index in [4.69, 9.17) is 0 Å². The molecule has 3 atom stereocenters. The zero-order valence-electron chi connectivity index (χ0n) is 10.5. The first kappa shape index (κ1) is 13.2. The Labute approximate surface area is 96.7 Å². The van der Waals surface area contributed by atoms with Crippen molar-refractivity contribution in [1.82, 2.24) is 5.32 Å². The molecule has 1 saturated carbocycles. The minimum absolute atomic E-state index is 0.473. The Morgan fingerprint density at radius 3 is 2.60 bits per heavy atom. The summed E-state index contributed by atoms with van der Waals surface area (Å²) >= 11 is 0. The van der Waals surface area contributed by atoms with Crippen LogP contribution >= 0.6 is 0 Å². The SMILES string of the molecule is CC1CC(NCCS(C)=O)CC(C)(C)C1. The Morgan fingerprint density at radius 1 is 1.40 bits per heavy atom. The van der Waals surface area contributed by atoms with Gasteiger partial charge in [-0.3, -0.25) is 4.21 Å². The molecule has 2 nitrogen and oxygen atoms in total. The van der Waals surface area contributed by atoms with Gasteiger partial charge in [0.1, 0.15) is 0 Å². The van der Waals surface area contributed by atoms with Gasteiger partial charge in [-0.05, 0) is 30.6 Å². The number of nitrogens with one attached hydrogen (secondary N) is 1. The van der Waals surface area contributed by atoms with Gasteiger partial charge in [-0.15, -0.1) is 0 Å². The molecule has 0 amide bonds. The van der Waals surface area contributed by atoms with Crippen molar-refractivity contribution >= 4 is 10.8 Å². The van der Waals surface area contributed by atoms with E-state index in [2.05, 4.69) is 26.1 Å². The summed E-state index contributed by atoms with van der Waals surface area (Å²) in [5.74, 6) is 1.60. The van der Waals surface area contributed by atoms with Crippen molar-refractivity contribution in [1.29, 1.82) is 0 Å². The highest BCUT2D eigenvalue weighted by Gasteiger charge is 2.31. The summed E-state index contributed by atoms with van der Waals surface area (Å²) in [5, 5.41) is 3.55. The summed E-state index contributed by atoms with van der Waals surface area (Å²) in [5.41, 5.74) is 0.473. The summed E-state index contributed by atoms with van der Waals surface area (Å²) in [6, 6.07) is 0.632. The van der Waals surface area contributed by atoms with Crippen LogP contribution in [0.3, 0.4) is 0 Å². The summed E-state index contributed by atoms with van der Waals surface area (Å²) in [6.45, 7) is 7.95. The van der Waals surface area contributed by atoms with Crippen LogP contribution in [-0.2, 0) is 10.8 Å². The molecule has 0 aromatic carbocycles. The predicted molar refractivity (Wildman–Crippen MR) is 67.5 cm³/mol. The van der Waals surface area contributed by atoms with Gasteiger partial charge in [0, 0.05) is 35.4 Å². The average molecular weight is 231 g/mol. The third-order valence-corrected chi connectivity index (χ3v) is 3.99. The van der Waals surface area contributed by atoms with Crippen LogP contribution < -0.4 is 5.32 Å². The van der Waals surface area contributed by atoms with E-state index < -0.39 is 10.8 Å². The van der Waals surface area contributed by atoms with Crippen LogP contribution in [0.5, 0.6) is 0 Å². The predicted octanol–water partition coefficient (Wildman–Crippen LogP) is 2.17. The van der Waals surface area contributed by atoms with Gasteiger partial charge in [0.05, 0.1) is 0 Å². The van der Waals surface area contributed by atoms with Crippen molar-refractivity contribution in [3.63, 3.8) is 0 Å². The summed E-state index contributed by atoms with van der Waals surface area (Å²) in [4.78, 5) is 0. The Morgan fingerprint density at radius 2 is 2.07 bits per heavy atom. The molecule has 3 unspecified atom stereocenters. The van der Waals surface area contributed by atoms with E-state index in [1.165, 1.54) is 19.3 Å². The van der Waals surface area contributed by atoms with Crippen LogP contribution in [0.4, 0.5) is 0 Å². The second-order valence-corrected chi connectivity index (χ2v) is 7.40. The molecule has 15 heavy (non-hydrogen) atoms. The highest BCUT2D eigenvalue weighted by Crippen LogP contribution is 2.38. The molecule has 0 aliphatic heterocycles. The molecular formula is C12H25NOS. The molecule has 1 rings (SSSR count). The van der Waals surface area contributed by atoms with Gasteiger partial charge in [-0.25, -0.2) is 0 Å². The van der Waals surface area contributed by atoms with Crippen LogP contribution in [0.15, 0.2) is 0 Å². The average Bonchev–Trinajstić information content (AvgIpc) is 1.98. The van der Waals surface area contributed by atoms with Crippen molar-refractivity contribution in [2.24, 2.45) is 11.3 Å². The minimum atomic E-state index is -0.660. The zero-order chi connectivity index (χ0) is 11.5. The fourth-order valence-electron chi connectivity index (χ4n) is 2.91. The third kappa shape index (κ3) is 5.12. The summed E-state index contributed by atoms with van der Waals surface area (Å²) < 4.78 is 10.9. The first-order chi connectivity index (χ1) is 6.89. The fraction of sp³-hybridized carbons (Fsp3) is 1.00. The second-order valence-electron chi connectivity index (χ2n) is 5.84. The van der Waals surface area contributed by atoms with Gasteiger partial charge >= 0.3 is 0 Å². The topological polar surface area (TPSA) is 29.1 Å². The number of hydrogen-bond donors (Lipinski definition) is 1. The Balaban J connectivity index is 2.32. The maximum atomic E-state index is 10.9. The lowest BCUT2D eigenvalue weighted by molar-refractivity contribution is 0.153. The molecule has 0 radical (unpaired) electrons. The van der Waals surface area contributed by atoms with Gasteiger partial charge in [0.15, 0.2) is 0 Å². The fourth-order valence-corrected chi connectivity index (χ4v) is 3.31. The lowest BCUT2D eigenvalue weighted by atomic mass is 9.70. The van der Waals surface area contributed by atoms with E-state index >= 15 is 0 Å². The standard InChI is InChI=1S/C12H25NOS/c1-10-7-11(9-12(2,3)8-10)13-5-6-15(4)14/h10-11,13H,5-9H2,1-4H3. The van der Waals surface area contributed by atoms with Crippen molar-refractivity contribution < 1.29 is 4.21 Å². The lowest BCUT2D eigenvalue weighted by Crippen LogP contribution is -2.41. The maximum absolute atomic E-state index is 10.9. The van der Waals surface area contributed by atoms with Crippen molar-refractivity contribution in [3.8, 4) is 0 Å². The molecule has 0 bridgehead atoms. The molecule has 1 aliphatic carbocycles. The molecule has 0 aromatic heterocycles. The van der Waals surface area contributed by atoms with Crippen molar-refractivity contribution in [2.45, 2.75) is 46.1 Å². The first-order valence-corrected chi connectivity index (χ1v) is 7.65. The maximum Gasteiger partial charge on any atom is 0.0357 e. The highest BCUT2D eigenvalue weighted by molar-refractivity contribution is 7.84. The van der Waals surface area contributed by atoms with E-state index in [-0.39, 0.29) is 0 Å². The minimum Gasteiger partial charge on any atom is -0.313 e. The van der Waals surface area contributed by atoms with Gasteiger partial charge in [-0.2, -0.15) is 0 Å². The van der Waals surface area contributed by atoms with E-state index in [0.29, 0.717) is 11.5 Å². The molecule has 0 aromatic rings. The molecular weight excluding hydrogens is 206 g/mol. The normalized spacial score (nSPS) is 32.5. The molecule has 0 saturated heterocycles. The monoisotopic (exact) mass is 231 g/mol. The van der Waals surface area contributed by atoms with E-state index in [0.717, 1.165) is 18.2 Å². The Hall–Kier alpha value is 0.110. The van der Waals surface area contributed by atoms with Crippen molar-refractivity contribution in [3.05, 3.63) is 0 Å². The van der Waals surface area contributed by atoms with Crippen LogP contribution in [0.1, 0.15) is 40.0 Å². The summed E-state index contributed by atoms with van der Waals surface area (Å²) in [7, 11) is -0.660. The lowest BCUT2D eigenvalue weighted by Gasteiger charge is -2.39. The number of hydrogen-bond acceptors (Lipinski definition) is 2.